The summed E-state index contributed by atoms with van der Waals surface area (Å²) in [5, 5.41) is 11.3. The lowest BCUT2D eigenvalue weighted by atomic mass is 10.1. The number of carboxylic acid groups (broad SMARTS) is 1. The van der Waals surface area contributed by atoms with E-state index in [0.29, 0.717) is 18.1 Å². The third-order valence-electron chi connectivity index (χ3n) is 3.00. The highest BCUT2D eigenvalue weighted by molar-refractivity contribution is 5.95. The van der Waals surface area contributed by atoms with Crippen LogP contribution in [-0.2, 0) is 6.42 Å². The number of carboxylic acids is 1. The summed E-state index contributed by atoms with van der Waals surface area (Å²) < 4.78 is 41.0. The molecule has 0 saturated carbocycles. The molecule has 0 unspecified atom stereocenters. The van der Waals surface area contributed by atoms with Crippen molar-refractivity contribution in [2.24, 2.45) is 0 Å². The van der Waals surface area contributed by atoms with Crippen molar-refractivity contribution in [2.75, 3.05) is 5.32 Å². The molecule has 114 valence electrons. The topological polar surface area (TPSA) is 49.3 Å². The Morgan fingerprint density at radius 3 is 2.50 bits per heavy atom. The number of benzene rings is 2. The molecular weight excluding hydrogens is 295 g/mol. The molecule has 2 rings (SSSR count). The largest absolute Gasteiger partial charge is 0.478 e. The van der Waals surface area contributed by atoms with Gasteiger partial charge in [0, 0.05) is 0 Å². The fraction of sp³-hybridized carbons (Fsp3) is 0.0625. The van der Waals surface area contributed by atoms with Crippen LogP contribution in [0.3, 0.4) is 0 Å². The van der Waals surface area contributed by atoms with Crippen molar-refractivity contribution in [1.82, 2.24) is 0 Å². The molecule has 0 bridgehead atoms. The molecule has 6 heteroatoms. The summed E-state index contributed by atoms with van der Waals surface area (Å²) in [7, 11) is 0. The molecule has 3 nitrogen and oxygen atoms in total. The minimum Gasteiger partial charge on any atom is -0.478 e. The number of hydrogen-bond acceptors (Lipinski definition) is 2. The molecule has 2 aromatic carbocycles. The number of allylic oxidation sites excluding steroid dienone is 1. The number of rotatable bonds is 5. The van der Waals surface area contributed by atoms with Gasteiger partial charge in [-0.25, -0.2) is 18.0 Å². The fourth-order valence-corrected chi connectivity index (χ4v) is 1.94. The molecule has 0 aromatic heterocycles. The van der Waals surface area contributed by atoms with Gasteiger partial charge in [-0.15, -0.1) is 6.58 Å². The first-order valence-electron chi connectivity index (χ1n) is 6.31. The maximum absolute atomic E-state index is 14.0. The van der Waals surface area contributed by atoms with Crippen LogP contribution < -0.4 is 5.32 Å². The second-order valence-corrected chi connectivity index (χ2v) is 4.52. The molecule has 0 amide bonds. The zero-order chi connectivity index (χ0) is 16.3. The number of hydrogen-bond donors (Lipinski definition) is 2. The van der Waals surface area contributed by atoms with Crippen molar-refractivity contribution in [3.05, 3.63) is 71.6 Å². The van der Waals surface area contributed by atoms with Crippen LogP contribution in [0.5, 0.6) is 0 Å². The van der Waals surface area contributed by atoms with E-state index in [1.807, 2.05) is 0 Å². The van der Waals surface area contributed by atoms with Crippen molar-refractivity contribution in [3.63, 3.8) is 0 Å². The zero-order valence-corrected chi connectivity index (χ0v) is 11.4. The van der Waals surface area contributed by atoms with Crippen molar-refractivity contribution < 1.29 is 23.1 Å². The van der Waals surface area contributed by atoms with Crippen LogP contribution >= 0.6 is 0 Å². The second-order valence-electron chi connectivity index (χ2n) is 4.52. The Hall–Kier alpha value is -2.76. The molecule has 0 atom stereocenters. The average Bonchev–Trinajstić information content (AvgIpc) is 2.46. The molecule has 0 heterocycles. The molecule has 0 aliphatic rings. The SMILES string of the molecule is C=CCc1ccc(Nc2c(C(=O)O)ccc(F)c2F)c(F)c1. The van der Waals surface area contributed by atoms with E-state index in [1.165, 1.54) is 12.1 Å². The standard InChI is InChI=1S/C16H12F3NO2/c1-2-3-9-4-7-13(12(18)8-9)20-15-10(16(21)22)5-6-11(17)14(15)19/h2,4-8,20H,1,3H2,(H,21,22). The highest BCUT2D eigenvalue weighted by Crippen LogP contribution is 2.28. The molecule has 0 aliphatic heterocycles. The summed E-state index contributed by atoms with van der Waals surface area (Å²) >= 11 is 0. The molecule has 0 saturated heterocycles. The Balaban J connectivity index is 2.44. The maximum Gasteiger partial charge on any atom is 0.337 e. The molecule has 0 aliphatic carbocycles. The molecule has 2 N–H and O–H groups in total. The monoisotopic (exact) mass is 307 g/mol. The predicted molar refractivity (Wildman–Crippen MR) is 76.9 cm³/mol. The number of aromatic carboxylic acids is 1. The van der Waals surface area contributed by atoms with Gasteiger partial charge in [-0.05, 0) is 36.2 Å². The lowest BCUT2D eigenvalue weighted by Crippen LogP contribution is -2.07. The number of halogens is 3. The Labute approximate surface area is 124 Å². The van der Waals surface area contributed by atoms with Crippen LogP contribution in [0.15, 0.2) is 43.0 Å². The number of nitrogens with one attached hydrogen (secondary N) is 1. The van der Waals surface area contributed by atoms with Gasteiger partial charge in [0.2, 0.25) is 0 Å². The van der Waals surface area contributed by atoms with E-state index < -0.39 is 34.7 Å². The third kappa shape index (κ3) is 3.11. The molecule has 22 heavy (non-hydrogen) atoms. The lowest BCUT2D eigenvalue weighted by Gasteiger charge is -2.12. The molecule has 0 radical (unpaired) electrons. The van der Waals surface area contributed by atoms with Gasteiger partial charge in [-0.1, -0.05) is 12.1 Å². The van der Waals surface area contributed by atoms with Crippen LogP contribution in [0.1, 0.15) is 15.9 Å². The highest BCUT2D eigenvalue weighted by Gasteiger charge is 2.19. The van der Waals surface area contributed by atoms with Crippen molar-refractivity contribution in [3.8, 4) is 0 Å². The minimum absolute atomic E-state index is 0.153. The summed E-state index contributed by atoms with van der Waals surface area (Å²) in [5.74, 6) is -4.77. The van der Waals surface area contributed by atoms with E-state index in [2.05, 4.69) is 11.9 Å². The third-order valence-corrected chi connectivity index (χ3v) is 3.00. The Morgan fingerprint density at radius 1 is 1.18 bits per heavy atom. The van der Waals surface area contributed by atoms with Gasteiger partial charge in [-0.2, -0.15) is 0 Å². The molecule has 0 fully saturated rings. The highest BCUT2D eigenvalue weighted by atomic mass is 19.2. The second kappa shape index (κ2) is 6.34. The minimum atomic E-state index is -1.45. The van der Waals surface area contributed by atoms with Crippen molar-refractivity contribution in [2.45, 2.75) is 6.42 Å². The Kier molecular flexibility index (Phi) is 4.50. The van der Waals surface area contributed by atoms with Gasteiger partial charge in [0.05, 0.1) is 16.9 Å². The Morgan fingerprint density at radius 2 is 1.91 bits per heavy atom. The van der Waals surface area contributed by atoms with Crippen LogP contribution in [0, 0.1) is 17.5 Å². The first kappa shape index (κ1) is 15.6. The summed E-state index contributed by atoms with van der Waals surface area (Å²) in [6.07, 6.45) is 2.04. The normalized spacial score (nSPS) is 10.3. The Bertz CT molecular complexity index is 744. The quantitative estimate of drug-likeness (QED) is 0.811. The van der Waals surface area contributed by atoms with Crippen molar-refractivity contribution >= 4 is 17.3 Å². The van der Waals surface area contributed by atoms with Crippen LogP contribution in [-0.4, -0.2) is 11.1 Å². The molecular formula is C16H12F3NO2. The van der Waals surface area contributed by atoms with E-state index in [9.17, 15) is 18.0 Å². The van der Waals surface area contributed by atoms with E-state index in [1.54, 1.807) is 12.1 Å². The van der Waals surface area contributed by atoms with Crippen LogP contribution in [0.25, 0.3) is 0 Å². The van der Waals surface area contributed by atoms with E-state index in [4.69, 9.17) is 5.11 Å². The number of carbonyl (C=O) groups is 1. The van der Waals surface area contributed by atoms with Gasteiger partial charge in [0.25, 0.3) is 0 Å². The maximum atomic E-state index is 14.0. The summed E-state index contributed by atoms with van der Waals surface area (Å²) in [6, 6.07) is 5.72. The summed E-state index contributed by atoms with van der Waals surface area (Å²) in [5.41, 5.74) is -0.618. The van der Waals surface area contributed by atoms with Crippen LogP contribution in [0.2, 0.25) is 0 Å². The van der Waals surface area contributed by atoms with Gasteiger partial charge >= 0.3 is 5.97 Å². The first-order valence-corrected chi connectivity index (χ1v) is 6.31. The van der Waals surface area contributed by atoms with E-state index >= 15 is 0 Å². The smallest absolute Gasteiger partial charge is 0.337 e. The van der Waals surface area contributed by atoms with E-state index in [0.717, 1.165) is 6.07 Å². The van der Waals surface area contributed by atoms with Gasteiger partial charge in [-0.3, -0.25) is 0 Å². The van der Waals surface area contributed by atoms with Gasteiger partial charge < -0.3 is 10.4 Å². The zero-order valence-electron chi connectivity index (χ0n) is 11.4. The van der Waals surface area contributed by atoms with Gasteiger partial charge in [0.15, 0.2) is 11.6 Å². The predicted octanol–water partition coefficient (Wildman–Crippen LogP) is 4.27. The fourth-order valence-electron chi connectivity index (χ4n) is 1.94. The summed E-state index contributed by atoms with van der Waals surface area (Å²) in [6.45, 7) is 3.53. The molecule has 0 spiro atoms. The lowest BCUT2D eigenvalue weighted by molar-refractivity contribution is 0.0697. The number of anilines is 2. The van der Waals surface area contributed by atoms with Gasteiger partial charge in [0.1, 0.15) is 5.82 Å². The van der Waals surface area contributed by atoms with Crippen molar-refractivity contribution in [1.29, 1.82) is 0 Å². The summed E-state index contributed by atoms with van der Waals surface area (Å²) in [4.78, 5) is 11.1. The van der Waals surface area contributed by atoms with Crippen LogP contribution in [0.4, 0.5) is 24.5 Å². The average molecular weight is 307 g/mol. The van der Waals surface area contributed by atoms with E-state index in [-0.39, 0.29) is 5.69 Å². The molecule has 2 aromatic rings. The first-order chi connectivity index (χ1) is 10.4.